The highest BCUT2D eigenvalue weighted by atomic mass is 35.5. The predicted molar refractivity (Wildman–Crippen MR) is 145 cm³/mol. The van der Waals surface area contributed by atoms with Crippen molar-refractivity contribution in [2.24, 2.45) is 10.7 Å². The number of rotatable bonds is 7. The lowest BCUT2D eigenvalue weighted by Crippen LogP contribution is -2.23. The topological polar surface area (TPSA) is 83.1 Å². The van der Waals surface area contributed by atoms with E-state index in [1.807, 2.05) is 0 Å². The summed E-state index contributed by atoms with van der Waals surface area (Å²) < 4.78 is 52.6. The van der Waals surface area contributed by atoms with Gasteiger partial charge in [0.1, 0.15) is 18.0 Å². The molecule has 206 valence electrons. The minimum atomic E-state index is -4.81. The Balaban J connectivity index is 1.85. The number of carbonyl (C=O) groups excluding carboxylic acids is 1. The van der Waals surface area contributed by atoms with E-state index in [4.69, 9.17) is 38.4 Å². The molecule has 0 atom stereocenters. The van der Waals surface area contributed by atoms with E-state index in [9.17, 15) is 18.0 Å². The van der Waals surface area contributed by atoms with E-state index in [-0.39, 0.29) is 23.9 Å². The van der Waals surface area contributed by atoms with E-state index in [0.717, 1.165) is 12.1 Å². The van der Waals surface area contributed by atoms with E-state index in [0.29, 0.717) is 26.7 Å². The van der Waals surface area contributed by atoms with Crippen LogP contribution in [0.15, 0.2) is 77.8 Å². The first-order valence-corrected chi connectivity index (χ1v) is 12.3. The summed E-state index contributed by atoms with van der Waals surface area (Å²) in [7, 11) is 0. The molecule has 0 radical (unpaired) electrons. The maximum atomic E-state index is 12.5. The van der Waals surface area contributed by atoms with Crippen LogP contribution in [0.25, 0.3) is 5.70 Å². The molecule has 2 N–H and O–H groups in total. The van der Waals surface area contributed by atoms with Crippen molar-refractivity contribution in [2.45, 2.75) is 39.3 Å². The fourth-order valence-corrected chi connectivity index (χ4v) is 3.65. The van der Waals surface area contributed by atoms with E-state index in [2.05, 4.69) is 9.73 Å². The molecule has 0 aliphatic rings. The van der Waals surface area contributed by atoms with Crippen LogP contribution in [0.5, 0.6) is 5.75 Å². The standard InChI is InChI=1S/C28H25Cl2F3N2O4/c1-27(2,3)39-26(36)18-6-4-17(5-7-18)16-37-25(15-24(34)19-12-20(29)14-21(30)13-19)35-22-8-10-23(11-9-22)38-28(31,32)33/h4-15H,16,34H2,1-3H3. The summed E-state index contributed by atoms with van der Waals surface area (Å²) in [5.74, 6) is -0.784. The Kier molecular flexibility index (Phi) is 9.53. The van der Waals surface area contributed by atoms with E-state index in [1.165, 1.54) is 18.2 Å². The predicted octanol–water partition coefficient (Wildman–Crippen LogP) is 8.09. The van der Waals surface area contributed by atoms with Gasteiger partial charge in [0.2, 0.25) is 5.90 Å². The van der Waals surface area contributed by atoms with Crippen molar-refractivity contribution >= 4 is 46.5 Å². The number of hydrogen-bond acceptors (Lipinski definition) is 6. The van der Waals surface area contributed by atoms with Crippen molar-refractivity contribution < 1.29 is 32.2 Å². The number of benzene rings is 3. The monoisotopic (exact) mass is 580 g/mol. The molecule has 6 nitrogen and oxygen atoms in total. The number of nitrogens with two attached hydrogens (primary N) is 1. The van der Waals surface area contributed by atoms with Gasteiger partial charge in [-0.25, -0.2) is 9.79 Å². The highest BCUT2D eigenvalue weighted by Gasteiger charge is 2.31. The Morgan fingerprint density at radius 1 is 0.923 bits per heavy atom. The molecule has 0 spiro atoms. The first-order valence-electron chi connectivity index (χ1n) is 11.5. The Morgan fingerprint density at radius 3 is 2.05 bits per heavy atom. The lowest BCUT2D eigenvalue weighted by molar-refractivity contribution is -0.274. The van der Waals surface area contributed by atoms with Crippen molar-refractivity contribution in [3.05, 3.63) is 99.5 Å². The van der Waals surface area contributed by atoms with Crippen molar-refractivity contribution in [1.29, 1.82) is 0 Å². The van der Waals surface area contributed by atoms with Crippen molar-refractivity contribution in [1.82, 2.24) is 0 Å². The molecule has 0 fully saturated rings. The van der Waals surface area contributed by atoms with Crippen LogP contribution in [0, 0.1) is 0 Å². The molecule has 0 saturated heterocycles. The molecule has 39 heavy (non-hydrogen) atoms. The number of alkyl halides is 3. The molecule has 0 unspecified atom stereocenters. The smallest absolute Gasteiger partial charge is 0.473 e. The third-order valence-electron chi connectivity index (χ3n) is 4.76. The molecule has 11 heteroatoms. The molecule has 0 heterocycles. The molecular weight excluding hydrogens is 556 g/mol. The van der Waals surface area contributed by atoms with Crippen LogP contribution >= 0.6 is 23.2 Å². The number of halogens is 5. The van der Waals surface area contributed by atoms with Crippen molar-refractivity contribution in [3.63, 3.8) is 0 Å². The van der Waals surface area contributed by atoms with E-state index < -0.39 is 23.7 Å². The quantitative estimate of drug-likeness (QED) is 0.173. The molecule has 3 rings (SSSR count). The van der Waals surface area contributed by atoms with Crippen molar-refractivity contribution in [3.8, 4) is 5.75 Å². The fourth-order valence-electron chi connectivity index (χ4n) is 3.12. The van der Waals surface area contributed by atoms with Crippen LogP contribution in [-0.2, 0) is 16.1 Å². The Labute approximate surface area is 233 Å². The molecular formula is C28H25Cl2F3N2O4. The summed E-state index contributed by atoms with van der Waals surface area (Å²) in [5.41, 5.74) is 7.74. The lowest BCUT2D eigenvalue weighted by Gasteiger charge is -2.19. The summed E-state index contributed by atoms with van der Waals surface area (Å²) in [6, 6.07) is 16.3. The van der Waals surface area contributed by atoms with Gasteiger partial charge in [-0.05, 0) is 80.9 Å². The first-order chi connectivity index (χ1) is 18.2. The van der Waals surface area contributed by atoms with Crippen LogP contribution in [-0.4, -0.2) is 23.8 Å². The minimum absolute atomic E-state index is 0.0444. The summed E-state index contributed by atoms with van der Waals surface area (Å²) in [4.78, 5) is 16.6. The normalized spacial score (nSPS) is 12.7. The lowest BCUT2D eigenvalue weighted by atomic mass is 10.1. The number of ether oxygens (including phenoxy) is 3. The van der Waals surface area contributed by atoms with Gasteiger partial charge in [-0.1, -0.05) is 35.3 Å². The van der Waals surface area contributed by atoms with Gasteiger partial charge in [0.25, 0.3) is 0 Å². The zero-order valence-electron chi connectivity index (χ0n) is 21.2. The Morgan fingerprint density at radius 2 is 1.51 bits per heavy atom. The SMILES string of the molecule is CC(C)(C)OC(=O)c1ccc(COC(C=C(N)c2cc(Cl)cc(Cl)c2)=Nc2ccc(OC(F)(F)F)cc2)cc1. The summed E-state index contributed by atoms with van der Waals surface area (Å²) in [5, 5.41) is 0.747. The highest BCUT2D eigenvalue weighted by molar-refractivity contribution is 6.34. The number of nitrogens with zero attached hydrogens (tertiary/aromatic N) is 1. The second-order valence-electron chi connectivity index (χ2n) is 9.24. The Hall–Kier alpha value is -3.69. The molecule has 0 aliphatic carbocycles. The van der Waals surface area contributed by atoms with Gasteiger partial charge in [-0.15, -0.1) is 13.2 Å². The molecule has 3 aromatic carbocycles. The molecule has 0 aromatic heterocycles. The van der Waals surface area contributed by atoms with Crippen molar-refractivity contribution in [2.75, 3.05) is 0 Å². The average Bonchev–Trinajstić information content (AvgIpc) is 2.81. The molecule has 0 bridgehead atoms. The molecule has 3 aromatic rings. The highest BCUT2D eigenvalue weighted by Crippen LogP contribution is 2.26. The van der Waals surface area contributed by atoms with E-state index >= 15 is 0 Å². The van der Waals surface area contributed by atoms with E-state index in [1.54, 1.807) is 63.2 Å². The summed E-state index contributed by atoms with van der Waals surface area (Å²) in [6.07, 6.45) is -3.37. The minimum Gasteiger partial charge on any atom is -0.473 e. The number of carbonyl (C=O) groups is 1. The van der Waals surface area contributed by atoms with Gasteiger partial charge in [0, 0.05) is 27.4 Å². The maximum absolute atomic E-state index is 12.5. The maximum Gasteiger partial charge on any atom is 0.573 e. The molecule has 0 aliphatic heterocycles. The van der Waals surface area contributed by atoms with Crippen LogP contribution in [0.3, 0.4) is 0 Å². The zero-order valence-corrected chi connectivity index (χ0v) is 22.7. The Bertz CT molecular complexity index is 1350. The van der Waals surface area contributed by atoms with Gasteiger partial charge in [0.05, 0.1) is 11.3 Å². The van der Waals surface area contributed by atoms with Gasteiger partial charge < -0.3 is 19.9 Å². The van der Waals surface area contributed by atoms with Gasteiger partial charge in [-0.3, -0.25) is 0 Å². The molecule has 0 amide bonds. The largest absolute Gasteiger partial charge is 0.573 e. The van der Waals surface area contributed by atoms with Crippen LogP contribution in [0.2, 0.25) is 10.0 Å². The van der Waals surface area contributed by atoms with Gasteiger partial charge in [-0.2, -0.15) is 0 Å². The van der Waals surface area contributed by atoms with Gasteiger partial charge in [0.15, 0.2) is 0 Å². The third-order valence-corrected chi connectivity index (χ3v) is 5.20. The zero-order chi connectivity index (χ0) is 28.8. The summed E-state index contributed by atoms with van der Waals surface area (Å²) in [6.45, 7) is 5.38. The average molecular weight is 581 g/mol. The van der Waals surface area contributed by atoms with Crippen LogP contribution < -0.4 is 10.5 Å². The second-order valence-corrected chi connectivity index (χ2v) is 10.1. The number of esters is 1. The third kappa shape index (κ3) is 10.2. The first kappa shape index (κ1) is 29.9. The van der Waals surface area contributed by atoms with Gasteiger partial charge >= 0.3 is 12.3 Å². The number of hydrogen-bond donors (Lipinski definition) is 1. The van der Waals surface area contributed by atoms with Crippen LogP contribution in [0.1, 0.15) is 42.3 Å². The fraction of sp³-hybridized carbons (Fsp3) is 0.214. The van der Waals surface area contributed by atoms with Crippen LogP contribution in [0.4, 0.5) is 18.9 Å². The molecule has 0 saturated carbocycles. The number of aliphatic imine (C=N–C) groups is 1. The summed E-state index contributed by atoms with van der Waals surface area (Å²) >= 11 is 12.2. The second kappa shape index (κ2) is 12.4.